The third kappa shape index (κ3) is 2.47. The van der Waals surface area contributed by atoms with Crippen molar-refractivity contribution in [2.75, 3.05) is 11.6 Å². The van der Waals surface area contributed by atoms with Crippen LogP contribution in [0.2, 0.25) is 5.02 Å². The van der Waals surface area contributed by atoms with E-state index in [9.17, 15) is 0 Å². The standard InChI is InChI=1S/C16H12ClN3/c17-14-5-3-13(4-6-14)16-9-10-20(19-16)15-7-1-12(11-18)2-8-15/h1-9,19H,10H2. The molecule has 0 bridgehead atoms. The Morgan fingerprint density at radius 3 is 2.40 bits per heavy atom. The number of halogens is 1. The van der Waals surface area contributed by atoms with Crippen LogP contribution in [0.4, 0.5) is 5.69 Å². The predicted octanol–water partition coefficient (Wildman–Crippen LogP) is 3.58. The number of benzene rings is 2. The van der Waals surface area contributed by atoms with Gasteiger partial charge in [0, 0.05) is 5.02 Å². The van der Waals surface area contributed by atoms with Crippen LogP contribution < -0.4 is 10.4 Å². The fraction of sp³-hybridized carbons (Fsp3) is 0.0625. The quantitative estimate of drug-likeness (QED) is 0.914. The van der Waals surface area contributed by atoms with Gasteiger partial charge in [-0.05, 0) is 48.0 Å². The van der Waals surface area contributed by atoms with Gasteiger partial charge in [0.2, 0.25) is 0 Å². The average Bonchev–Trinajstić information content (AvgIpc) is 2.98. The molecule has 1 aliphatic heterocycles. The average molecular weight is 282 g/mol. The van der Waals surface area contributed by atoms with Gasteiger partial charge in [-0.3, -0.25) is 10.4 Å². The second-order valence-corrected chi connectivity index (χ2v) is 4.94. The summed E-state index contributed by atoms with van der Waals surface area (Å²) in [4.78, 5) is 0. The van der Waals surface area contributed by atoms with Crippen molar-refractivity contribution in [3.05, 3.63) is 70.8 Å². The Morgan fingerprint density at radius 2 is 1.75 bits per heavy atom. The van der Waals surface area contributed by atoms with Crippen molar-refractivity contribution in [1.82, 2.24) is 5.43 Å². The fourth-order valence-corrected chi connectivity index (χ4v) is 2.24. The van der Waals surface area contributed by atoms with Crippen LogP contribution in [-0.4, -0.2) is 6.54 Å². The zero-order valence-electron chi connectivity index (χ0n) is 10.7. The highest BCUT2D eigenvalue weighted by molar-refractivity contribution is 6.30. The molecule has 0 saturated carbocycles. The summed E-state index contributed by atoms with van der Waals surface area (Å²) in [6, 6.07) is 17.4. The molecule has 0 aliphatic carbocycles. The first-order chi connectivity index (χ1) is 9.76. The van der Waals surface area contributed by atoms with Crippen LogP contribution in [-0.2, 0) is 0 Å². The number of hydrogen-bond acceptors (Lipinski definition) is 3. The van der Waals surface area contributed by atoms with Crippen molar-refractivity contribution in [3.63, 3.8) is 0 Å². The summed E-state index contributed by atoms with van der Waals surface area (Å²) < 4.78 is 0. The third-order valence-corrected chi connectivity index (χ3v) is 3.45. The van der Waals surface area contributed by atoms with E-state index < -0.39 is 0 Å². The van der Waals surface area contributed by atoms with Gasteiger partial charge < -0.3 is 0 Å². The smallest absolute Gasteiger partial charge is 0.0991 e. The lowest BCUT2D eigenvalue weighted by molar-refractivity contribution is 0.852. The first kappa shape index (κ1) is 12.6. The van der Waals surface area contributed by atoms with Crippen LogP contribution >= 0.6 is 11.6 Å². The van der Waals surface area contributed by atoms with E-state index in [0.717, 1.165) is 28.5 Å². The maximum Gasteiger partial charge on any atom is 0.0991 e. The Bertz CT molecular complexity index is 681. The molecule has 4 heteroatoms. The molecule has 0 saturated heterocycles. The summed E-state index contributed by atoms with van der Waals surface area (Å²) >= 11 is 5.89. The molecule has 1 aliphatic rings. The van der Waals surface area contributed by atoms with Crippen LogP contribution in [0.15, 0.2) is 54.6 Å². The molecule has 1 heterocycles. The molecule has 0 atom stereocenters. The monoisotopic (exact) mass is 281 g/mol. The van der Waals surface area contributed by atoms with E-state index >= 15 is 0 Å². The minimum Gasteiger partial charge on any atom is -0.298 e. The summed E-state index contributed by atoms with van der Waals surface area (Å²) in [6.45, 7) is 0.782. The SMILES string of the molecule is N#Cc1ccc(N2CC=C(c3ccc(Cl)cc3)N2)cc1. The molecule has 1 N–H and O–H groups in total. The zero-order chi connectivity index (χ0) is 13.9. The first-order valence-electron chi connectivity index (χ1n) is 6.27. The molecule has 0 amide bonds. The van der Waals surface area contributed by atoms with Crippen LogP contribution in [0.25, 0.3) is 5.70 Å². The lowest BCUT2D eigenvalue weighted by atomic mass is 10.1. The summed E-state index contributed by atoms with van der Waals surface area (Å²) in [7, 11) is 0. The molecule has 0 radical (unpaired) electrons. The van der Waals surface area contributed by atoms with Crippen LogP contribution in [0.5, 0.6) is 0 Å². The third-order valence-electron chi connectivity index (χ3n) is 3.20. The molecule has 3 rings (SSSR count). The predicted molar refractivity (Wildman–Crippen MR) is 81.1 cm³/mol. The Morgan fingerprint density at radius 1 is 1.05 bits per heavy atom. The lowest BCUT2D eigenvalue weighted by Crippen LogP contribution is -2.31. The first-order valence-corrected chi connectivity index (χ1v) is 6.64. The Labute approximate surface area is 122 Å². The van der Waals surface area contributed by atoms with E-state index in [-0.39, 0.29) is 0 Å². The van der Waals surface area contributed by atoms with E-state index in [1.54, 1.807) is 0 Å². The Hall–Kier alpha value is -2.44. The number of rotatable bonds is 2. The maximum absolute atomic E-state index is 8.81. The Balaban J connectivity index is 1.75. The molecule has 0 aromatic heterocycles. The van der Waals surface area contributed by atoms with Gasteiger partial charge in [-0.25, -0.2) is 0 Å². The molecular weight excluding hydrogens is 270 g/mol. The van der Waals surface area contributed by atoms with Gasteiger partial charge >= 0.3 is 0 Å². The minimum atomic E-state index is 0.666. The molecule has 3 nitrogen and oxygen atoms in total. The molecule has 2 aromatic carbocycles. The topological polar surface area (TPSA) is 39.1 Å². The zero-order valence-corrected chi connectivity index (χ0v) is 11.4. The van der Waals surface area contributed by atoms with Gasteiger partial charge in [-0.15, -0.1) is 0 Å². The summed E-state index contributed by atoms with van der Waals surface area (Å²) in [5, 5.41) is 11.6. The van der Waals surface area contributed by atoms with Gasteiger partial charge in [-0.1, -0.05) is 23.7 Å². The van der Waals surface area contributed by atoms with Gasteiger partial charge in [-0.2, -0.15) is 5.26 Å². The van der Waals surface area contributed by atoms with Crippen molar-refractivity contribution in [1.29, 1.82) is 5.26 Å². The summed E-state index contributed by atoms with van der Waals surface area (Å²) in [5.41, 5.74) is 7.21. The largest absolute Gasteiger partial charge is 0.298 e. The van der Waals surface area contributed by atoms with E-state index in [4.69, 9.17) is 16.9 Å². The molecule has 0 fully saturated rings. The number of nitriles is 1. The molecule has 0 spiro atoms. The second kappa shape index (κ2) is 5.28. The fourth-order valence-electron chi connectivity index (χ4n) is 2.12. The van der Waals surface area contributed by atoms with Crippen LogP contribution in [0, 0.1) is 11.3 Å². The van der Waals surface area contributed by atoms with Crippen molar-refractivity contribution < 1.29 is 0 Å². The summed E-state index contributed by atoms with van der Waals surface area (Å²) in [5.74, 6) is 0. The molecule has 98 valence electrons. The highest BCUT2D eigenvalue weighted by Gasteiger charge is 2.14. The molecule has 0 unspecified atom stereocenters. The number of hydrogen-bond donors (Lipinski definition) is 1. The van der Waals surface area contributed by atoms with Gasteiger partial charge in [0.15, 0.2) is 0 Å². The van der Waals surface area contributed by atoms with E-state index in [2.05, 4.69) is 17.6 Å². The van der Waals surface area contributed by atoms with Crippen molar-refractivity contribution >= 4 is 23.0 Å². The normalized spacial score (nSPS) is 13.6. The van der Waals surface area contributed by atoms with E-state index in [0.29, 0.717) is 5.56 Å². The molecule has 2 aromatic rings. The van der Waals surface area contributed by atoms with Gasteiger partial charge in [0.25, 0.3) is 0 Å². The Kier molecular flexibility index (Phi) is 3.32. The lowest BCUT2D eigenvalue weighted by Gasteiger charge is -2.20. The van der Waals surface area contributed by atoms with Crippen molar-refractivity contribution in [3.8, 4) is 6.07 Å². The van der Waals surface area contributed by atoms with E-state index in [1.165, 1.54) is 0 Å². The van der Waals surface area contributed by atoms with Crippen molar-refractivity contribution in [2.45, 2.75) is 0 Å². The van der Waals surface area contributed by atoms with Crippen LogP contribution in [0.3, 0.4) is 0 Å². The van der Waals surface area contributed by atoms with Crippen LogP contribution in [0.1, 0.15) is 11.1 Å². The second-order valence-electron chi connectivity index (χ2n) is 4.51. The maximum atomic E-state index is 8.81. The number of anilines is 1. The number of hydrazine groups is 1. The summed E-state index contributed by atoms with van der Waals surface area (Å²) in [6.07, 6.45) is 2.13. The highest BCUT2D eigenvalue weighted by Crippen LogP contribution is 2.23. The van der Waals surface area contributed by atoms with Gasteiger partial charge in [0.1, 0.15) is 0 Å². The molecule has 20 heavy (non-hydrogen) atoms. The van der Waals surface area contributed by atoms with Crippen molar-refractivity contribution in [2.24, 2.45) is 0 Å². The van der Waals surface area contributed by atoms with Gasteiger partial charge in [0.05, 0.1) is 29.6 Å². The molecular formula is C16H12ClN3. The number of nitrogens with zero attached hydrogens (tertiary/aromatic N) is 2. The number of nitrogens with one attached hydrogen (secondary N) is 1. The minimum absolute atomic E-state index is 0.666. The highest BCUT2D eigenvalue weighted by atomic mass is 35.5. The van der Waals surface area contributed by atoms with E-state index in [1.807, 2.05) is 53.5 Å².